The summed E-state index contributed by atoms with van der Waals surface area (Å²) in [4.78, 5) is 12.7. The maximum atomic E-state index is 7.27. The molecule has 19 rings (SSSR count). The van der Waals surface area contributed by atoms with Gasteiger partial charge in [0.25, 0.3) is 13.4 Å². The Bertz CT molecular complexity index is 5310. The van der Waals surface area contributed by atoms with Crippen LogP contribution in [0.15, 0.2) is 284 Å². The maximum Gasteiger partial charge on any atom is 0.253 e. The predicted octanol–water partition coefficient (Wildman–Crippen LogP) is 18.2. The molecule has 0 N–H and O–H groups in total. The Morgan fingerprint density at radius 2 is 0.905 bits per heavy atom. The first-order valence-electron chi connectivity index (χ1n) is 28.4. The molecule has 3 nitrogen and oxygen atoms in total. The molecule has 390 valence electrons. The molecular weight excluding hydrogens is 1110 g/mol. The van der Waals surface area contributed by atoms with E-state index in [9.17, 15) is 0 Å². The summed E-state index contributed by atoms with van der Waals surface area (Å²) >= 11 is 9.35. The highest BCUT2D eigenvalue weighted by atomic mass is 32.2. The first-order valence-corrected chi connectivity index (χ1v) is 32.5. The molecule has 15 aromatic rings. The fourth-order valence-corrected chi connectivity index (χ4v) is 19.4. The number of hydrogen-bond donors (Lipinski definition) is 0. The lowest BCUT2D eigenvalue weighted by Gasteiger charge is -2.45. The Hall–Kier alpha value is -8.60. The number of rotatable bonds is 6. The molecule has 0 aliphatic carbocycles. The molecule has 0 fully saturated rings. The molecule has 10 heteroatoms. The second kappa shape index (κ2) is 18.4. The molecule has 4 aliphatic heterocycles. The van der Waals surface area contributed by atoms with Gasteiger partial charge in [0, 0.05) is 88.8 Å². The van der Waals surface area contributed by atoms with Crippen LogP contribution in [-0.4, -0.2) is 13.4 Å². The third kappa shape index (κ3) is 7.19. The second-order valence-electron chi connectivity index (χ2n) is 22.2. The van der Waals surface area contributed by atoms with Crippen LogP contribution >= 0.6 is 58.0 Å². The third-order valence-corrected chi connectivity index (χ3v) is 23.0. The van der Waals surface area contributed by atoms with Gasteiger partial charge in [0.15, 0.2) is 0 Å². The summed E-state index contributed by atoms with van der Waals surface area (Å²) in [5.74, 6) is 1.93. The molecule has 0 saturated carbocycles. The van der Waals surface area contributed by atoms with Gasteiger partial charge in [-0.2, -0.15) is 0 Å². The number of benzene rings is 13. The van der Waals surface area contributed by atoms with Crippen LogP contribution in [0.1, 0.15) is 0 Å². The molecule has 0 unspecified atom stereocenters. The molecule has 4 aliphatic rings. The fraction of sp³-hybridized carbons (Fsp3) is 0. The van der Waals surface area contributed by atoms with Crippen LogP contribution in [0, 0.1) is 0 Å². The quantitative estimate of drug-likeness (QED) is 0.153. The van der Waals surface area contributed by atoms with Gasteiger partial charge in [0.1, 0.15) is 11.5 Å². The first kappa shape index (κ1) is 47.8. The number of fused-ring (bicyclic) bond motifs is 18. The van der Waals surface area contributed by atoms with Gasteiger partial charge >= 0.3 is 0 Å². The summed E-state index contributed by atoms with van der Waals surface area (Å²) in [7, 11) is 0. The predicted molar refractivity (Wildman–Crippen MR) is 364 cm³/mol. The number of thiophene rings is 2. The van der Waals surface area contributed by atoms with E-state index in [-0.39, 0.29) is 13.4 Å². The van der Waals surface area contributed by atoms with E-state index in [2.05, 4.69) is 265 Å². The SMILES string of the molecule is c1ccc(Sc2ccc3cc4sc5c6c7c(cc5c4cc3c2)Sc2cc3c(cc2B7c2ccccc2O6)B2c4ccccc4N(c4ccccc4)c4c2c(cc2c4sc4cc5ccc(Sc6ccccc6)cc5cc42)N3c2ccccc2)cc1. The van der Waals surface area contributed by atoms with Crippen LogP contribution in [0.2, 0.25) is 0 Å². The third-order valence-electron chi connectivity index (χ3n) is 17.5. The molecule has 2 aromatic heterocycles. The monoisotopic (exact) mass is 1160 g/mol. The van der Waals surface area contributed by atoms with Gasteiger partial charge < -0.3 is 14.5 Å². The number of ether oxygens (including phenoxy) is 1. The fourth-order valence-electron chi connectivity index (χ4n) is 14.0. The number of para-hydroxylation sites is 4. The average molecular weight is 1160 g/mol. The number of hydrogen-bond acceptors (Lipinski definition) is 8. The minimum Gasteiger partial charge on any atom is -0.457 e. The summed E-state index contributed by atoms with van der Waals surface area (Å²) in [6, 6.07) is 95.4. The van der Waals surface area contributed by atoms with E-state index in [1.165, 1.54) is 147 Å². The van der Waals surface area contributed by atoms with Crippen molar-refractivity contribution >= 4 is 200 Å². The van der Waals surface area contributed by atoms with Crippen LogP contribution in [0.3, 0.4) is 0 Å². The molecular formula is C74H42B2N2OS5. The van der Waals surface area contributed by atoms with Gasteiger partial charge in [0.05, 0.1) is 15.1 Å². The van der Waals surface area contributed by atoms with Gasteiger partial charge in [-0.05, 0) is 176 Å². The minimum absolute atomic E-state index is 0.0377. The lowest BCUT2D eigenvalue weighted by atomic mass is 9.31. The molecule has 0 saturated heterocycles. The molecule has 0 spiro atoms. The van der Waals surface area contributed by atoms with Crippen molar-refractivity contribution in [3.8, 4) is 11.5 Å². The molecule has 0 bridgehead atoms. The first-order chi connectivity index (χ1) is 41.6. The zero-order valence-corrected chi connectivity index (χ0v) is 48.8. The molecule has 84 heavy (non-hydrogen) atoms. The van der Waals surface area contributed by atoms with Crippen LogP contribution < -0.4 is 47.3 Å². The minimum atomic E-state index is -0.0653. The summed E-state index contributed by atoms with van der Waals surface area (Å²) in [5, 5.41) is 10.1. The van der Waals surface area contributed by atoms with Crippen LogP contribution in [-0.2, 0) is 0 Å². The van der Waals surface area contributed by atoms with E-state index >= 15 is 0 Å². The van der Waals surface area contributed by atoms with Gasteiger partial charge in [-0.3, -0.25) is 0 Å². The summed E-state index contributed by atoms with van der Waals surface area (Å²) in [5.41, 5.74) is 15.0. The summed E-state index contributed by atoms with van der Waals surface area (Å²) in [6.07, 6.45) is 0. The molecule has 13 aromatic carbocycles. The average Bonchev–Trinajstić information content (AvgIpc) is 1.15. The largest absolute Gasteiger partial charge is 0.457 e. The molecule has 0 radical (unpaired) electrons. The van der Waals surface area contributed by atoms with Crippen molar-refractivity contribution in [2.24, 2.45) is 0 Å². The van der Waals surface area contributed by atoms with E-state index in [0.717, 1.165) is 22.9 Å². The zero-order valence-electron chi connectivity index (χ0n) is 44.7. The summed E-state index contributed by atoms with van der Waals surface area (Å²) in [6.45, 7) is -0.103. The highest BCUT2D eigenvalue weighted by Crippen LogP contribution is 2.53. The maximum absolute atomic E-state index is 7.27. The molecule has 0 atom stereocenters. The standard InChI is InChI=1S/C74H42B2N2OS5/c1-5-17-47(18-6-1)77-62-42-67-60(76-58-26-14-16-28-64(58)79-72-70(76)68(82-67)40-56-54-36-46-34-52(81-50-23-11-4-12-24-50)32-30-44(46)38-66(54)84-74(56)72)41-59(62)75-57-25-13-15-27-61(57)78(48-19-7-2-8-20-48)71-69(75)63(77)39-55-53-35-45-33-51(80-49-21-9-3-10-22-49)31-29-43(45)37-65(53)83-73(55)71/h1-42H. The van der Waals surface area contributed by atoms with Crippen molar-refractivity contribution in [2.75, 3.05) is 9.80 Å². The van der Waals surface area contributed by atoms with E-state index in [0.29, 0.717) is 0 Å². The van der Waals surface area contributed by atoms with Gasteiger partial charge in [0.2, 0.25) is 0 Å². The van der Waals surface area contributed by atoms with Crippen molar-refractivity contribution in [3.63, 3.8) is 0 Å². The van der Waals surface area contributed by atoms with Gasteiger partial charge in [-0.25, -0.2) is 0 Å². The van der Waals surface area contributed by atoms with Gasteiger partial charge in [-0.15, -0.1) is 22.7 Å². The number of anilines is 6. The Morgan fingerprint density at radius 3 is 1.57 bits per heavy atom. The highest BCUT2D eigenvalue weighted by Gasteiger charge is 2.47. The smallest absolute Gasteiger partial charge is 0.253 e. The second-order valence-corrected chi connectivity index (χ2v) is 27.7. The van der Waals surface area contributed by atoms with Crippen LogP contribution in [0.4, 0.5) is 34.1 Å². The Kier molecular flexibility index (Phi) is 10.5. The van der Waals surface area contributed by atoms with Gasteiger partial charge in [-0.1, -0.05) is 168 Å². The van der Waals surface area contributed by atoms with Crippen LogP contribution in [0.5, 0.6) is 11.5 Å². The Labute approximate surface area is 506 Å². The molecule has 0 amide bonds. The van der Waals surface area contributed by atoms with E-state index in [1.807, 2.05) is 58.0 Å². The van der Waals surface area contributed by atoms with Crippen molar-refractivity contribution in [3.05, 3.63) is 255 Å². The van der Waals surface area contributed by atoms with Crippen molar-refractivity contribution in [1.29, 1.82) is 0 Å². The summed E-state index contributed by atoms with van der Waals surface area (Å²) < 4.78 is 12.3. The van der Waals surface area contributed by atoms with Crippen LogP contribution in [0.25, 0.3) is 61.9 Å². The normalized spacial score (nSPS) is 13.5. The zero-order chi connectivity index (χ0) is 54.7. The van der Waals surface area contributed by atoms with E-state index in [4.69, 9.17) is 4.74 Å². The highest BCUT2D eigenvalue weighted by molar-refractivity contribution is 8.00. The van der Waals surface area contributed by atoms with Crippen molar-refractivity contribution in [2.45, 2.75) is 29.4 Å². The van der Waals surface area contributed by atoms with Crippen molar-refractivity contribution in [1.82, 2.24) is 0 Å². The lowest BCUT2D eigenvalue weighted by Crippen LogP contribution is -2.64. The number of nitrogens with zero attached hydrogens (tertiary/aromatic N) is 2. The Balaban J connectivity index is 0.853. The topological polar surface area (TPSA) is 15.7 Å². The lowest BCUT2D eigenvalue weighted by molar-refractivity contribution is 0.493. The van der Waals surface area contributed by atoms with E-state index in [1.54, 1.807) is 0 Å². The Morgan fingerprint density at radius 1 is 0.345 bits per heavy atom. The molecule has 6 heterocycles. The van der Waals surface area contributed by atoms with E-state index < -0.39 is 0 Å². The van der Waals surface area contributed by atoms with Crippen molar-refractivity contribution < 1.29 is 4.74 Å².